The molecule has 0 bridgehead atoms. The number of nitrogens with two attached hydrogens (primary N) is 2. The van der Waals surface area contributed by atoms with Gasteiger partial charge in [-0.1, -0.05) is 12.1 Å². The molecule has 3 amide bonds. The number of amides is 3. The number of benzene rings is 1. The van der Waals surface area contributed by atoms with Crippen LogP contribution in [0.4, 0.5) is 5.69 Å². The van der Waals surface area contributed by atoms with Gasteiger partial charge >= 0.3 is 0 Å². The summed E-state index contributed by atoms with van der Waals surface area (Å²) in [6, 6.07) is 6.60. The topological polar surface area (TPSA) is 127 Å². The monoisotopic (exact) mass is 306 g/mol. The van der Waals surface area contributed by atoms with Gasteiger partial charge in [0.05, 0.1) is 11.3 Å². The zero-order valence-electron chi connectivity index (χ0n) is 12.6. The molecular formula is C15H22N4O3. The van der Waals surface area contributed by atoms with Crippen LogP contribution >= 0.6 is 0 Å². The van der Waals surface area contributed by atoms with E-state index in [4.69, 9.17) is 11.5 Å². The van der Waals surface area contributed by atoms with Gasteiger partial charge in [-0.25, -0.2) is 0 Å². The average Bonchev–Trinajstić information content (AvgIpc) is 2.45. The van der Waals surface area contributed by atoms with Gasteiger partial charge in [-0.3, -0.25) is 14.4 Å². The summed E-state index contributed by atoms with van der Waals surface area (Å²) in [4.78, 5) is 34.6. The van der Waals surface area contributed by atoms with E-state index in [2.05, 4.69) is 10.6 Å². The maximum absolute atomic E-state index is 12.1. The zero-order valence-corrected chi connectivity index (χ0v) is 12.6. The minimum Gasteiger partial charge on any atom is -0.370 e. The summed E-state index contributed by atoms with van der Waals surface area (Å²) in [5, 5.41) is 5.28. The molecule has 1 aromatic carbocycles. The molecule has 0 aliphatic heterocycles. The first kappa shape index (κ1) is 17.6. The number of hydrogen-bond acceptors (Lipinski definition) is 4. The normalized spacial score (nSPS) is 11.5. The van der Waals surface area contributed by atoms with Gasteiger partial charge in [0.15, 0.2) is 0 Å². The van der Waals surface area contributed by atoms with Crippen LogP contribution in [0.2, 0.25) is 0 Å². The summed E-state index contributed by atoms with van der Waals surface area (Å²) in [7, 11) is 0. The molecule has 0 radical (unpaired) electrons. The number of anilines is 1. The highest BCUT2D eigenvalue weighted by molar-refractivity contribution is 6.03. The maximum atomic E-state index is 12.1. The molecule has 1 rings (SSSR count). The molecule has 0 aliphatic rings. The number of carbonyl (C=O) groups excluding carboxylic acids is 3. The van der Waals surface area contributed by atoms with Crippen LogP contribution in [-0.2, 0) is 9.59 Å². The van der Waals surface area contributed by atoms with Gasteiger partial charge < -0.3 is 22.1 Å². The lowest BCUT2D eigenvalue weighted by molar-refractivity contribution is -0.118. The van der Waals surface area contributed by atoms with Crippen molar-refractivity contribution in [2.75, 3.05) is 11.9 Å². The Morgan fingerprint density at radius 1 is 1.18 bits per heavy atom. The lowest BCUT2D eigenvalue weighted by Crippen LogP contribution is -2.29. The predicted molar refractivity (Wildman–Crippen MR) is 84.1 cm³/mol. The second-order valence-electron chi connectivity index (χ2n) is 5.08. The Kier molecular flexibility index (Phi) is 7.04. The third-order valence-electron chi connectivity index (χ3n) is 2.93. The molecule has 0 heterocycles. The highest BCUT2D eigenvalue weighted by Gasteiger charge is 2.13. The van der Waals surface area contributed by atoms with Crippen LogP contribution in [0.3, 0.4) is 0 Å². The molecule has 1 atom stereocenters. The Labute approximate surface area is 129 Å². The molecular weight excluding hydrogens is 284 g/mol. The predicted octanol–water partition coefficient (Wildman–Crippen LogP) is 0.358. The fraction of sp³-hybridized carbons (Fsp3) is 0.400. The molecule has 7 nitrogen and oxygen atoms in total. The Morgan fingerprint density at radius 3 is 2.50 bits per heavy atom. The number of primary amides is 1. The van der Waals surface area contributed by atoms with Crippen molar-refractivity contribution in [3.63, 3.8) is 0 Å². The van der Waals surface area contributed by atoms with E-state index in [1.165, 1.54) is 0 Å². The Balaban J connectivity index is 2.66. The summed E-state index contributed by atoms with van der Waals surface area (Å²) in [5.41, 5.74) is 11.4. The van der Waals surface area contributed by atoms with Crippen LogP contribution in [-0.4, -0.2) is 30.3 Å². The van der Waals surface area contributed by atoms with Crippen molar-refractivity contribution in [1.82, 2.24) is 5.32 Å². The number of hydrogen-bond donors (Lipinski definition) is 4. The van der Waals surface area contributed by atoms with Crippen molar-refractivity contribution in [3.8, 4) is 0 Å². The molecule has 1 aromatic rings. The molecule has 120 valence electrons. The maximum Gasteiger partial charge on any atom is 0.253 e. The number of nitrogens with one attached hydrogen (secondary N) is 2. The quantitative estimate of drug-likeness (QED) is 0.553. The molecule has 1 unspecified atom stereocenters. The highest BCUT2D eigenvalue weighted by atomic mass is 16.2. The van der Waals surface area contributed by atoms with Gasteiger partial charge in [-0.2, -0.15) is 0 Å². The van der Waals surface area contributed by atoms with Crippen molar-refractivity contribution in [2.24, 2.45) is 11.5 Å². The molecule has 0 fully saturated rings. The third kappa shape index (κ3) is 6.36. The summed E-state index contributed by atoms with van der Waals surface area (Å²) >= 11 is 0. The van der Waals surface area contributed by atoms with Crippen LogP contribution < -0.4 is 22.1 Å². The van der Waals surface area contributed by atoms with Gasteiger partial charge in [-0.15, -0.1) is 0 Å². The number of para-hydroxylation sites is 1. The lowest BCUT2D eigenvalue weighted by Gasteiger charge is -2.11. The standard InChI is InChI=1S/C15H22N4O3/c1-10(16)6-7-14(21)19-12-5-3-2-4-11(12)15(22)18-9-8-13(17)20/h2-5,10H,6-9,16H2,1H3,(H2,17,20)(H,18,22)(H,19,21). The first-order valence-electron chi connectivity index (χ1n) is 7.11. The van der Waals surface area contributed by atoms with E-state index in [9.17, 15) is 14.4 Å². The SMILES string of the molecule is CC(N)CCC(=O)Nc1ccccc1C(=O)NCCC(N)=O. The first-order valence-corrected chi connectivity index (χ1v) is 7.11. The smallest absolute Gasteiger partial charge is 0.253 e. The fourth-order valence-electron chi connectivity index (χ4n) is 1.76. The van der Waals surface area contributed by atoms with Crippen molar-refractivity contribution < 1.29 is 14.4 Å². The van der Waals surface area contributed by atoms with Gasteiger partial charge in [0.1, 0.15) is 0 Å². The largest absolute Gasteiger partial charge is 0.370 e. The Hall–Kier alpha value is -2.41. The van der Waals surface area contributed by atoms with E-state index in [1.807, 2.05) is 6.92 Å². The van der Waals surface area contributed by atoms with Crippen molar-refractivity contribution in [3.05, 3.63) is 29.8 Å². The van der Waals surface area contributed by atoms with Crippen molar-refractivity contribution in [1.29, 1.82) is 0 Å². The fourth-order valence-corrected chi connectivity index (χ4v) is 1.76. The van der Waals surface area contributed by atoms with E-state index in [0.717, 1.165) is 0 Å². The average molecular weight is 306 g/mol. The molecule has 0 saturated heterocycles. The van der Waals surface area contributed by atoms with Crippen LogP contribution in [0.5, 0.6) is 0 Å². The van der Waals surface area contributed by atoms with E-state index >= 15 is 0 Å². The molecule has 0 saturated carbocycles. The second kappa shape index (κ2) is 8.78. The molecule has 7 heteroatoms. The molecule has 0 aromatic heterocycles. The van der Waals surface area contributed by atoms with Gasteiger partial charge in [-0.05, 0) is 25.5 Å². The first-order chi connectivity index (χ1) is 10.4. The van der Waals surface area contributed by atoms with Crippen molar-refractivity contribution in [2.45, 2.75) is 32.2 Å². The summed E-state index contributed by atoms with van der Waals surface area (Å²) < 4.78 is 0. The van der Waals surface area contributed by atoms with Crippen LogP contribution in [0.25, 0.3) is 0 Å². The second-order valence-corrected chi connectivity index (χ2v) is 5.08. The summed E-state index contributed by atoms with van der Waals surface area (Å²) in [5.74, 6) is -1.06. The lowest BCUT2D eigenvalue weighted by atomic mass is 10.1. The zero-order chi connectivity index (χ0) is 16.5. The number of carbonyl (C=O) groups is 3. The third-order valence-corrected chi connectivity index (χ3v) is 2.93. The minimum atomic E-state index is -0.488. The van der Waals surface area contributed by atoms with E-state index < -0.39 is 5.91 Å². The Bertz CT molecular complexity index is 543. The summed E-state index contributed by atoms with van der Waals surface area (Å²) in [6.45, 7) is 1.98. The van der Waals surface area contributed by atoms with Crippen LogP contribution in [0.15, 0.2) is 24.3 Å². The van der Waals surface area contributed by atoms with Crippen LogP contribution in [0, 0.1) is 0 Å². The van der Waals surface area contributed by atoms with Crippen LogP contribution in [0.1, 0.15) is 36.5 Å². The molecule has 22 heavy (non-hydrogen) atoms. The van der Waals surface area contributed by atoms with Gasteiger partial charge in [0.25, 0.3) is 5.91 Å². The van der Waals surface area contributed by atoms with E-state index in [0.29, 0.717) is 17.7 Å². The minimum absolute atomic E-state index is 0.0573. The van der Waals surface area contributed by atoms with E-state index in [-0.39, 0.29) is 37.2 Å². The van der Waals surface area contributed by atoms with Crippen molar-refractivity contribution >= 4 is 23.4 Å². The molecule has 0 aliphatic carbocycles. The van der Waals surface area contributed by atoms with Gasteiger partial charge in [0, 0.05) is 25.4 Å². The number of rotatable bonds is 8. The highest BCUT2D eigenvalue weighted by Crippen LogP contribution is 2.15. The summed E-state index contributed by atoms with van der Waals surface area (Å²) in [6.07, 6.45) is 0.919. The van der Waals surface area contributed by atoms with E-state index in [1.54, 1.807) is 24.3 Å². The Morgan fingerprint density at radius 2 is 1.86 bits per heavy atom. The molecule has 6 N–H and O–H groups in total. The molecule has 0 spiro atoms. The van der Waals surface area contributed by atoms with Gasteiger partial charge in [0.2, 0.25) is 11.8 Å².